The van der Waals surface area contributed by atoms with E-state index in [-0.39, 0.29) is 17.8 Å². The zero-order chi connectivity index (χ0) is 26.1. The lowest BCUT2D eigenvalue weighted by molar-refractivity contribution is -0.134. The van der Waals surface area contributed by atoms with E-state index < -0.39 is 6.43 Å². The third-order valence-electron chi connectivity index (χ3n) is 6.70. The van der Waals surface area contributed by atoms with Gasteiger partial charge in [-0.1, -0.05) is 12.1 Å². The molecule has 0 spiro atoms. The van der Waals surface area contributed by atoms with Gasteiger partial charge in [-0.15, -0.1) is 0 Å². The van der Waals surface area contributed by atoms with Crippen molar-refractivity contribution in [1.29, 1.82) is 0 Å². The molecule has 1 aromatic carbocycles. The number of anilines is 2. The number of hydrogen-bond donors (Lipinski definition) is 1. The van der Waals surface area contributed by atoms with Crippen LogP contribution in [0.3, 0.4) is 0 Å². The summed E-state index contributed by atoms with van der Waals surface area (Å²) < 4.78 is 34.9. The summed E-state index contributed by atoms with van der Waals surface area (Å²) in [6, 6.07) is 12.3. The first kappa shape index (κ1) is 24.2. The second kappa shape index (κ2) is 10.3. The number of aromatic nitrogens is 5. The summed E-state index contributed by atoms with van der Waals surface area (Å²) in [5.41, 5.74) is 1.92. The molecule has 0 unspecified atom stereocenters. The lowest BCUT2D eigenvalue weighted by atomic mass is 10.1. The third-order valence-corrected chi connectivity index (χ3v) is 6.70. The number of fused-ring (bicyclic) bond motifs is 1. The van der Waals surface area contributed by atoms with Crippen LogP contribution in [0.25, 0.3) is 16.9 Å². The minimum atomic E-state index is -2.78. The van der Waals surface area contributed by atoms with Crippen molar-refractivity contribution >= 4 is 28.7 Å². The topological polar surface area (TPSA) is 101 Å². The maximum absolute atomic E-state index is 14.0. The number of imidazole rings is 1. The Balaban J connectivity index is 1.27. The number of alkyl halides is 2. The van der Waals surface area contributed by atoms with Crippen LogP contribution in [0, 0.1) is 0 Å². The number of likely N-dealkylation sites (tertiary alicyclic amines) is 1. The SMILES string of the molecule is O=C(Cc1ccncc1)N1CC(Nc2cc(-n3c(C(F)F)nc4ccccc43)nc(N3CCOCC3)n2)C1. The van der Waals surface area contributed by atoms with Gasteiger partial charge in [0.15, 0.2) is 5.82 Å². The minimum Gasteiger partial charge on any atom is -0.378 e. The number of para-hydroxylation sites is 2. The van der Waals surface area contributed by atoms with Gasteiger partial charge in [-0.3, -0.25) is 14.3 Å². The molecule has 3 aromatic heterocycles. The van der Waals surface area contributed by atoms with Gasteiger partial charge in [0.25, 0.3) is 6.43 Å². The molecule has 12 heteroatoms. The van der Waals surface area contributed by atoms with Crippen LogP contribution in [0.5, 0.6) is 0 Å². The van der Waals surface area contributed by atoms with Gasteiger partial charge in [0.2, 0.25) is 11.9 Å². The molecule has 5 heterocycles. The number of amides is 1. The second-order valence-corrected chi connectivity index (χ2v) is 9.28. The average molecular weight is 521 g/mol. The number of ether oxygens (including phenoxy) is 1. The van der Waals surface area contributed by atoms with Gasteiger partial charge in [0.1, 0.15) is 11.6 Å². The number of nitrogens with zero attached hydrogens (tertiary/aromatic N) is 7. The van der Waals surface area contributed by atoms with Gasteiger partial charge in [0, 0.05) is 44.6 Å². The van der Waals surface area contributed by atoms with Crippen molar-refractivity contribution in [3.05, 3.63) is 66.2 Å². The van der Waals surface area contributed by atoms with Crippen LogP contribution in [-0.2, 0) is 16.0 Å². The number of carbonyl (C=O) groups is 1. The number of carbonyl (C=O) groups excluding carboxylic acids is 1. The summed E-state index contributed by atoms with van der Waals surface area (Å²) in [7, 11) is 0. The molecule has 2 saturated heterocycles. The van der Waals surface area contributed by atoms with Crippen molar-refractivity contribution in [1.82, 2.24) is 29.4 Å². The summed E-state index contributed by atoms with van der Waals surface area (Å²) in [4.78, 5) is 33.9. The number of rotatable bonds is 7. The van der Waals surface area contributed by atoms with E-state index in [1.54, 1.807) is 47.6 Å². The van der Waals surface area contributed by atoms with Gasteiger partial charge in [0.05, 0.1) is 36.7 Å². The van der Waals surface area contributed by atoms with Gasteiger partial charge in [-0.05, 0) is 29.8 Å². The Morgan fingerprint density at radius 3 is 2.58 bits per heavy atom. The molecule has 2 aliphatic rings. The molecule has 2 aliphatic heterocycles. The quantitative estimate of drug-likeness (QED) is 0.397. The third kappa shape index (κ3) is 4.86. The lowest BCUT2D eigenvalue weighted by Gasteiger charge is -2.40. The Morgan fingerprint density at radius 1 is 1.05 bits per heavy atom. The van der Waals surface area contributed by atoms with E-state index in [9.17, 15) is 13.6 Å². The number of pyridine rings is 1. The molecule has 0 atom stereocenters. The average Bonchev–Trinajstić information content (AvgIpc) is 3.31. The highest BCUT2D eigenvalue weighted by atomic mass is 19.3. The van der Waals surface area contributed by atoms with E-state index in [1.165, 1.54) is 4.57 Å². The smallest absolute Gasteiger partial charge is 0.296 e. The molecular weight excluding hydrogens is 494 g/mol. The molecule has 0 bridgehead atoms. The number of morpholine rings is 1. The fourth-order valence-electron chi connectivity index (χ4n) is 4.72. The first-order valence-corrected chi connectivity index (χ1v) is 12.5. The molecule has 0 radical (unpaired) electrons. The monoisotopic (exact) mass is 520 g/mol. The number of nitrogens with one attached hydrogen (secondary N) is 1. The molecule has 0 saturated carbocycles. The van der Waals surface area contributed by atoms with Crippen molar-refractivity contribution in [2.45, 2.75) is 18.9 Å². The lowest BCUT2D eigenvalue weighted by Crippen LogP contribution is -2.57. The molecule has 2 fully saturated rings. The summed E-state index contributed by atoms with van der Waals surface area (Å²) >= 11 is 0. The Hall–Kier alpha value is -4.19. The zero-order valence-electron chi connectivity index (χ0n) is 20.5. The van der Waals surface area contributed by atoms with Crippen LogP contribution in [0.2, 0.25) is 0 Å². The van der Waals surface area contributed by atoms with Crippen LogP contribution in [-0.4, -0.2) is 80.7 Å². The Bertz CT molecular complexity index is 1440. The van der Waals surface area contributed by atoms with E-state index in [2.05, 4.69) is 20.3 Å². The number of hydrogen-bond acceptors (Lipinski definition) is 8. The van der Waals surface area contributed by atoms with E-state index in [1.807, 2.05) is 17.0 Å². The van der Waals surface area contributed by atoms with Crippen molar-refractivity contribution in [3.63, 3.8) is 0 Å². The molecule has 6 rings (SSSR count). The van der Waals surface area contributed by atoms with Crippen LogP contribution in [0.15, 0.2) is 54.9 Å². The summed E-state index contributed by atoms with van der Waals surface area (Å²) in [6.07, 6.45) is 0.875. The largest absolute Gasteiger partial charge is 0.378 e. The Labute approximate surface area is 217 Å². The molecular formula is C26H26F2N8O2. The number of benzene rings is 1. The first-order chi connectivity index (χ1) is 18.5. The molecule has 38 heavy (non-hydrogen) atoms. The van der Waals surface area contributed by atoms with Gasteiger partial charge < -0.3 is 19.9 Å². The molecule has 0 aliphatic carbocycles. The maximum atomic E-state index is 14.0. The van der Waals surface area contributed by atoms with Crippen LogP contribution in [0.4, 0.5) is 20.5 Å². The zero-order valence-corrected chi connectivity index (χ0v) is 20.5. The Kier molecular flexibility index (Phi) is 6.54. The van der Waals surface area contributed by atoms with Crippen molar-refractivity contribution < 1.29 is 18.3 Å². The Morgan fingerprint density at radius 2 is 1.82 bits per heavy atom. The molecule has 196 valence electrons. The van der Waals surface area contributed by atoms with Crippen LogP contribution in [0.1, 0.15) is 17.8 Å². The minimum absolute atomic E-state index is 0.0224. The van der Waals surface area contributed by atoms with Crippen molar-refractivity contribution in [3.8, 4) is 5.82 Å². The van der Waals surface area contributed by atoms with E-state index in [4.69, 9.17) is 9.72 Å². The fraction of sp³-hybridized carbons (Fsp3) is 0.346. The molecule has 10 nitrogen and oxygen atoms in total. The second-order valence-electron chi connectivity index (χ2n) is 9.28. The predicted molar refractivity (Wildman–Crippen MR) is 137 cm³/mol. The van der Waals surface area contributed by atoms with E-state index in [0.717, 1.165) is 5.56 Å². The normalized spacial score (nSPS) is 16.2. The van der Waals surface area contributed by atoms with Crippen molar-refractivity contribution in [2.24, 2.45) is 0 Å². The molecule has 1 N–H and O–H groups in total. The van der Waals surface area contributed by atoms with Gasteiger partial charge >= 0.3 is 0 Å². The van der Waals surface area contributed by atoms with Crippen molar-refractivity contribution in [2.75, 3.05) is 49.6 Å². The standard InChI is InChI=1S/C26H26F2N8O2/c27-24(28)25-31-19-3-1-2-4-20(19)36(25)22-14-21(32-26(33-22)34-9-11-38-12-10-34)30-18-15-35(16-18)23(37)13-17-5-7-29-8-6-17/h1-8,14,18,24H,9-13,15-16H2,(H,30,32,33). The number of halogens is 2. The molecule has 1 amide bonds. The van der Waals surface area contributed by atoms with Gasteiger partial charge in [-0.2, -0.15) is 9.97 Å². The van der Waals surface area contributed by atoms with E-state index in [0.29, 0.717) is 74.4 Å². The summed E-state index contributed by atoms with van der Waals surface area (Å²) in [5, 5.41) is 3.37. The predicted octanol–water partition coefficient (Wildman–Crippen LogP) is 2.85. The highest BCUT2D eigenvalue weighted by molar-refractivity contribution is 5.80. The molecule has 4 aromatic rings. The summed E-state index contributed by atoms with van der Waals surface area (Å²) in [6.45, 7) is 3.29. The van der Waals surface area contributed by atoms with Crippen LogP contribution < -0.4 is 10.2 Å². The van der Waals surface area contributed by atoms with E-state index >= 15 is 0 Å². The highest BCUT2D eigenvalue weighted by Gasteiger charge is 2.31. The van der Waals surface area contributed by atoms with Gasteiger partial charge in [-0.25, -0.2) is 13.8 Å². The maximum Gasteiger partial charge on any atom is 0.296 e. The first-order valence-electron chi connectivity index (χ1n) is 12.5. The fourth-order valence-corrected chi connectivity index (χ4v) is 4.72. The summed E-state index contributed by atoms with van der Waals surface area (Å²) in [5.74, 6) is 0.897. The highest BCUT2D eigenvalue weighted by Crippen LogP contribution is 2.29. The van der Waals surface area contributed by atoms with Crippen LogP contribution >= 0.6 is 0 Å².